The van der Waals surface area contributed by atoms with Crippen LogP contribution in [0.1, 0.15) is 13.3 Å². The lowest BCUT2D eigenvalue weighted by Gasteiger charge is -2.34. The highest BCUT2D eigenvalue weighted by Crippen LogP contribution is 2.36. The van der Waals surface area contributed by atoms with Crippen molar-refractivity contribution >= 4 is 15.9 Å². The Labute approximate surface area is 79.7 Å². The van der Waals surface area contributed by atoms with Crippen molar-refractivity contribution in [3.05, 3.63) is 34.9 Å². The molecule has 0 saturated heterocycles. The summed E-state index contributed by atoms with van der Waals surface area (Å²) in [6.45, 7) is 2.01. The molecule has 0 aromatic rings. The van der Waals surface area contributed by atoms with Crippen molar-refractivity contribution in [3.8, 4) is 0 Å². The second-order valence-corrected chi connectivity index (χ2v) is 3.96. The summed E-state index contributed by atoms with van der Waals surface area (Å²) in [5.41, 5.74) is -0.300. The molecule has 2 aliphatic rings. The summed E-state index contributed by atoms with van der Waals surface area (Å²) in [4.78, 5) is 0. The van der Waals surface area contributed by atoms with Crippen LogP contribution in [0.2, 0.25) is 0 Å². The number of fused-ring (bicyclic) bond motifs is 1. The third kappa shape index (κ3) is 1.18. The van der Waals surface area contributed by atoms with Crippen LogP contribution in [0.5, 0.6) is 0 Å². The maximum Gasteiger partial charge on any atom is 0.166 e. The van der Waals surface area contributed by atoms with Gasteiger partial charge in [0.1, 0.15) is 18.3 Å². The topological polar surface area (TPSA) is 18.5 Å². The van der Waals surface area contributed by atoms with Gasteiger partial charge >= 0.3 is 0 Å². The fraction of sp³-hybridized carbons (Fsp3) is 0.333. The van der Waals surface area contributed by atoms with Gasteiger partial charge in [0.25, 0.3) is 0 Å². The van der Waals surface area contributed by atoms with Gasteiger partial charge in [-0.3, -0.25) is 0 Å². The molecular formula is C9H9BrO2. The predicted octanol–water partition coefficient (Wildman–Crippen LogP) is 2.83. The summed E-state index contributed by atoms with van der Waals surface area (Å²) in [7, 11) is 0. The van der Waals surface area contributed by atoms with Crippen LogP contribution in [0.25, 0.3) is 0 Å². The molecule has 0 N–H and O–H groups in total. The van der Waals surface area contributed by atoms with Gasteiger partial charge in [0.15, 0.2) is 5.60 Å². The summed E-state index contributed by atoms with van der Waals surface area (Å²) < 4.78 is 11.9. The number of ether oxygens (including phenoxy) is 2. The molecule has 0 amide bonds. The maximum absolute atomic E-state index is 5.48. The van der Waals surface area contributed by atoms with Crippen LogP contribution >= 0.6 is 15.9 Å². The minimum Gasteiger partial charge on any atom is -0.484 e. The van der Waals surface area contributed by atoms with Gasteiger partial charge in [0.05, 0.1) is 0 Å². The van der Waals surface area contributed by atoms with E-state index >= 15 is 0 Å². The summed E-state index contributed by atoms with van der Waals surface area (Å²) in [5.74, 6) is 0.861. The molecular weight excluding hydrogens is 220 g/mol. The Morgan fingerprint density at radius 2 is 2.33 bits per heavy atom. The molecule has 2 nitrogen and oxygen atoms in total. The van der Waals surface area contributed by atoms with Crippen LogP contribution in [-0.4, -0.2) is 5.60 Å². The van der Waals surface area contributed by atoms with E-state index in [4.69, 9.17) is 9.47 Å². The molecule has 0 spiro atoms. The van der Waals surface area contributed by atoms with Gasteiger partial charge in [-0.15, -0.1) is 0 Å². The van der Waals surface area contributed by atoms with Crippen molar-refractivity contribution < 1.29 is 9.47 Å². The number of allylic oxidation sites excluding steroid dienone is 2. The summed E-state index contributed by atoms with van der Waals surface area (Å²) in [6.07, 6.45) is 7.99. The Balaban J connectivity index is 2.36. The number of rotatable bonds is 0. The molecule has 0 aromatic heterocycles. The predicted molar refractivity (Wildman–Crippen MR) is 49.4 cm³/mol. The third-order valence-electron chi connectivity index (χ3n) is 2.06. The summed E-state index contributed by atoms with van der Waals surface area (Å²) in [5, 5.41) is 0. The third-order valence-corrected chi connectivity index (χ3v) is 2.61. The van der Waals surface area contributed by atoms with E-state index in [1.165, 1.54) is 0 Å². The molecule has 64 valence electrons. The first-order chi connectivity index (χ1) is 5.71. The second kappa shape index (κ2) is 2.66. The molecule has 1 aliphatic carbocycles. The molecule has 0 aromatic carbocycles. The lowest BCUT2D eigenvalue weighted by molar-refractivity contribution is 0.00508. The molecule has 1 aliphatic heterocycles. The fourth-order valence-corrected chi connectivity index (χ4v) is 1.64. The number of hydrogen-bond donors (Lipinski definition) is 0. The summed E-state index contributed by atoms with van der Waals surface area (Å²) in [6, 6.07) is 0. The van der Waals surface area contributed by atoms with E-state index in [9.17, 15) is 0 Å². The summed E-state index contributed by atoms with van der Waals surface area (Å²) >= 11 is 3.40. The van der Waals surface area contributed by atoms with Gasteiger partial charge in [-0.05, 0) is 13.0 Å². The molecule has 1 atom stereocenters. The van der Waals surface area contributed by atoms with Crippen LogP contribution in [0.15, 0.2) is 34.9 Å². The maximum atomic E-state index is 5.48. The quantitative estimate of drug-likeness (QED) is 0.635. The zero-order valence-electron chi connectivity index (χ0n) is 6.71. The first-order valence-electron chi connectivity index (χ1n) is 3.78. The molecule has 3 heteroatoms. The van der Waals surface area contributed by atoms with Crippen molar-refractivity contribution in [2.45, 2.75) is 18.9 Å². The SMILES string of the molecule is CC12CC=C(Br)C=C1OC=CO2. The molecule has 0 fully saturated rings. The van der Waals surface area contributed by atoms with E-state index in [0.29, 0.717) is 0 Å². The molecule has 12 heavy (non-hydrogen) atoms. The largest absolute Gasteiger partial charge is 0.484 e. The Morgan fingerprint density at radius 3 is 3.17 bits per heavy atom. The van der Waals surface area contributed by atoms with Gasteiger partial charge < -0.3 is 9.47 Å². The molecule has 0 saturated carbocycles. The van der Waals surface area contributed by atoms with E-state index in [1.807, 2.05) is 13.0 Å². The highest BCUT2D eigenvalue weighted by atomic mass is 79.9. The Hall–Kier alpha value is -0.700. The normalized spacial score (nSPS) is 32.5. The van der Waals surface area contributed by atoms with Crippen LogP contribution in [0.3, 0.4) is 0 Å². The Bertz CT molecular complexity index is 291. The second-order valence-electron chi connectivity index (χ2n) is 3.04. The zero-order valence-corrected chi connectivity index (χ0v) is 8.30. The van der Waals surface area contributed by atoms with Crippen LogP contribution in [-0.2, 0) is 9.47 Å². The van der Waals surface area contributed by atoms with E-state index in [2.05, 4.69) is 22.0 Å². The highest BCUT2D eigenvalue weighted by molar-refractivity contribution is 9.11. The van der Waals surface area contributed by atoms with E-state index < -0.39 is 0 Å². The lowest BCUT2D eigenvalue weighted by atomic mass is 9.95. The standard InChI is InChI=1S/C9H9BrO2/c1-9-3-2-7(10)6-8(9)11-4-5-12-9/h2,4-6H,3H2,1H3. The fourth-order valence-electron chi connectivity index (χ4n) is 1.27. The Kier molecular flexibility index (Phi) is 1.76. The minimum atomic E-state index is -0.300. The average molecular weight is 229 g/mol. The molecule has 0 radical (unpaired) electrons. The van der Waals surface area contributed by atoms with Gasteiger partial charge in [-0.1, -0.05) is 22.0 Å². The van der Waals surface area contributed by atoms with E-state index in [-0.39, 0.29) is 5.60 Å². The molecule has 0 bridgehead atoms. The van der Waals surface area contributed by atoms with Crippen molar-refractivity contribution in [1.29, 1.82) is 0 Å². The molecule has 1 heterocycles. The van der Waals surface area contributed by atoms with Crippen LogP contribution in [0.4, 0.5) is 0 Å². The number of halogens is 1. The molecule has 1 unspecified atom stereocenters. The molecule has 2 rings (SSSR count). The van der Waals surface area contributed by atoms with Crippen molar-refractivity contribution in [1.82, 2.24) is 0 Å². The zero-order chi connectivity index (χ0) is 8.60. The Morgan fingerprint density at radius 1 is 1.50 bits per heavy atom. The minimum absolute atomic E-state index is 0.300. The van der Waals surface area contributed by atoms with Gasteiger partial charge in [-0.25, -0.2) is 0 Å². The lowest BCUT2D eigenvalue weighted by Crippen LogP contribution is -2.33. The first-order valence-corrected chi connectivity index (χ1v) is 4.57. The number of hydrogen-bond acceptors (Lipinski definition) is 2. The van der Waals surface area contributed by atoms with Crippen molar-refractivity contribution in [2.75, 3.05) is 0 Å². The highest BCUT2D eigenvalue weighted by Gasteiger charge is 2.35. The average Bonchev–Trinajstić information content (AvgIpc) is 2.06. The van der Waals surface area contributed by atoms with Crippen molar-refractivity contribution in [2.24, 2.45) is 0 Å². The van der Waals surface area contributed by atoms with Gasteiger partial charge in [0, 0.05) is 10.9 Å². The van der Waals surface area contributed by atoms with E-state index in [1.54, 1.807) is 12.5 Å². The van der Waals surface area contributed by atoms with E-state index in [0.717, 1.165) is 16.7 Å². The first kappa shape index (κ1) is 7.92. The van der Waals surface area contributed by atoms with Gasteiger partial charge in [-0.2, -0.15) is 0 Å². The smallest absolute Gasteiger partial charge is 0.166 e. The van der Waals surface area contributed by atoms with Crippen LogP contribution in [0, 0.1) is 0 Å². The van der Waals surface area contributed by atoms with Crippen LogP contribution < -0.4 is 0 Å². The van der Waals surface area contributed by atoms with Crippen molar-refractivity contribution in [3.63, 3.8) is 0 Å². The van der Waals surface area contributed by atoms with Gasteiger partial charge in [0.2, 0.25) is 0 Å². The monoisotopic (exact) mass is 228 g/mol.